The molecule has 0 fully saturated rings. The first-order valence-electron chi connectivity index (χ1n) is 6.89. The molecule has 0 radical (unpaired) electrons. The van der Waals surface area contributed by atoms with E-state index in [1.165, 1.54) is 10.4 Å². The molecule has 108 valence electrons. The molecule has 0 aliphatic heterocycles. The molecule has 2 aromatic rings. The number of aromatic nitrogens is 2. The van der Waals surface area contributed by atoms with Crippen molar-refractivity contribution in [1.82, 2.24) is 15.3 Å². The third-order valence-corrected chi connectivity index (χ3v) is 4.02. The van der Waals surface area contributed by atoms with Crippen LogP contribution in [0.3, 0.4) is 0 Å². The fraction of sp³-hybridized carbons (Fsp3) is 0.467. The molecule has 0 aromatic carbocycles. The minimum atomic E-state index is 0.579. The van der Waals surface area contributed by atoms with Gasteiger partial charge in [-0.15, -0.1) is 11.3 Å². The number of hydrogen-bond acceptors (Lipinski definition) is 5. The summed E-state index contributed by atoms with van der Waals surface area (Å²) in [7, 11) is 1.71. The van der Waals surface area contributed by atoms with Gasteiger partial charge in [0.25, 0.3) is 0 Å². The van der Waals surface area contributed by atoms with Crippen molar-refractivity contribution in [3.8, 4) is 0 Å². The fourth-order valence-electron chi connectivity index (χ4n) is 1.95. The lowest BCUT2D eigenvalue weighted by molar-refractivity contribution is 0.181. The van der Waals surface area contributed by atoms with Crippen molar-refractivity contribution in [3.63, 3.8) is 0 Å². The van der Waals surface area contributed by atoms with Gasteiger partial charge in [-0.05, 0) is 30.7 Å². The second-order valence-electron chi connectivity index (χ2n) is 4.62. The topological polar surface area (TPSA) is 47.0 Å². The Morgan fingerprint density at radius 3 is 2.80 bits per heavy atom. The number of nitrogens with zero attached hydrogens (tertiary/aromatic N) is 2. The summed E-state index contributed by atoms with van der Waals surface area (Å²) >= 11 is 1.77. The van der Waals surface area contributed by atoms with Gasteiger partial charge < -0.3 is 10.1 Å². The molecule has 2 aromatic heterocycles. The summed E-state index contributed by atoms with van der Waals surface area (Å²) in [6.07, 6.45) is 5.64. The highest BCUT2D eigenvalue weighted by Crippen LogP contribution is 2.22. The molecule has 0 unspecified atom stereocenters. The lowest BCUT2D eigenvalue weighted by Gasteiger charge is -2.02. The molecule has 20 heavy (non-hydrogen) atoms. The van der Waals surface area contributed by atoms with E-state index in [0.29, 0.717) is 6.61 Å². The highest BCUT2D eigenvalue weighted by molar-refractivity contribution is 7.11. The van der Waals surface area contributed by atoms with Gasteiger partial charge in [0.2, 0.25) is 0 Å². The number of thiazole rings is 1. The van der Waals surface area contributed by atoms with Gasteiger partial charge in [-0.3, -0.25) is 4.98 Å². The minimum Gasteiger partial charge on any atom is -0.378 e. The predicted molar refractivity (Wildman–Crippen MR) is 81.9 cm³/mol. The maximum absolute atomic E-state index is 5.24. The SMILES string of the molecule is CCCNCc1sc(Cc2ccncc2)nc1COC. The molecule has 0 atom stereocenters. The Bertz CT molecular complexity index is 513. The van der Waals surface area contributed by atoms with E-state index < -0.39 is 0 Å². The molecule has 0 aliphatic carbocycles. The monoisotopic (exact) mass is 291 g/mol. The zero-order chi connectivity index (χ0) is 14.2. The minimum absolute atomic E-state index is 0.579. The summed E-state index contributed by atoms with van der Waals surface area (Å²) in [5.74, 6) is 0. The maximum Gasteiger partial charge on any atom is 0.0976 e. The van der Waals surface area contributed by atoms with Crippen LogP contribution in [0.5, 0.6) is 0 Å². The average molecular weight is 291 g/mol. The van der Waals surface area contributed by atoms with Gasteiger partial charge in [0.15, 0.2) is 0 Å². The van der Waals surface area contributed by atoms with Crippen molar-refractivity contribution in [1.29, 1.82) is 0 Å². The molecule has 0 bridgehead atoms. The molecule has 0 aliphatic rings. The van der Waals surface area contributed by atoms with Crippen LogP contribution in [0.4, 0.5) is 0 Å². The highest BCUT2D eigenvalue weighted by Gasteiger charge is 2.11. The first kappa shape index (κ1) is 15.1. The standard InChI is InChI=1S/C15H21N3OS/c1-3-6-17-10-14-13(11-19-2)18-15(20-14)9-12-4-7-16-8-5-12/h4-5,7-8,17H,3,6,9-11H2,1-2H3. The van der Waals surface area contributed by atoms with E-state index >= 15 is 0 Å². The zero-order valence-electron chi connectivity index (χ0n) is 12.1. The Kier molecular flexibility index (Phi) is 6.11. The van der Waals surface area contributed by atoms with Crippen molar-refractivity contribution in [3.05, 3.63) is 45.7 Å². The van der Waals surface area contributed by atoms with E-state index in [2.05, 4.69) is 17.2 Å². The van der Waals surface area contributed by atoms with Crippen LogP contribution in [0.25, 0.3) is 0 Å². The number of methoxy groups -OCH3 is 1. The lowest BCUT2D eigenvalue weighted by atomic mass is 10.2. The third-order valence-electron chi connectivity index (χ3n) is 2.92. The number of pyridine rings is 1. The van der Waals surface area contributed by atoms with Crippen LogP contribution in [0.2, 0.25) is 0 Å². The molecule has 0 saturated heterocycles. The van der Waals surface area contributed by atoms with Crippen molar-refractivity contribution in [2.45, 2.75) is 32.9 Å². The Morgan fingerprint density at radius 1 is 1.30 bits per heavy atom. The van der Waals surface area contributed by atoms with E-state index in [-0.39, 0.29) is 0 Å². The molecule has 4 nitrogen and oxygen atoms in total. The lowest BCUT2D eigenvalue weighted by Crippen LogP contribution is -2.14. The van der Waals surface area contributed by atoms with E-state index in [4.69, 9.17) is 9.72 Å². The molecular formula is C15H21N3OS. The van der Waals surface area contributed by atoms with E-state index in [1.54, 1.807) is 18.4 Å². The van der Waals surface area contributed by atoms with Crippen LogP contribution in [0, 0.1) is 0 Å². The van der Waals surface area contributed by atoms with Crippen molar-refractivity contribution < 1.29 is 4.74 Å². The first-order valence-corrected chi connectivity index (χ1v) is 7.71. The van der Waals surface area contributed by atoms with Crippen molar-refractivity contribution >= 4 is 11.3 Å². The Labute approximate surface area is 124 Å². The van der Waals surface area contributed by atoms with Crippen LogP contribution >= 0.6 is 11.3 Å². The highest BCUT2D eigenvalue weighted by atomic mass is 32.1. The first-order chi connectivity index (χ1) is 9.83. The number of nitrogens with one attached hydrogen (secondary N) is 1. The van der Waals surface area contributed by atoms with Gasteiger partial charge in [-0.2, -0.15) is 0 Å². The zero-order valence-corrected chi connectivity index (χ0v) is 12.9. The third kappa shape index (κ3) is 4.37. The average Bonchev–Trinajstić information content (AvgIpc) is 2.83. The summed E-state index contributed by atoms with van der Waals surface area (Å²) in [4.78, 5) is 10.0. The fourth-order valence-corrected chi connectivity index (χ4v) is 3.03. The largest absolute Gasteiger partial charge is 0.378 e. The van der Waals surface area contributed by atoms with Crippen LogP contribution in [0.1, 0.15) is 34.5 Å². The van der Waals surface area contributed by atoms with E-state index in [9.17, 15) is 0 Å². The molecule has 0 amide bonds. The van der Waals surface area contributed by atoms with Gasteiger partial charge in [0.1, 0.15) is 0 Å². The second-order valence-corrected chi connectivity index (χ2v) is 5.79. The smallest absolute Gasteiger partial charge is 0.0976 e. The summed E-state index contributed by atoms with van der Waals surface area (Å²) in [5, 5.41) is 4.57. The Morgan fingerprint density at radius 2 is 2.10 bits per heavy atom. The number of ether oxygens (including phenoxy) is 1. The molecule has 1 N–H and O–H groups in total. The number of hydrogen-bond donors (Lipinski definition) is 1. The van der Waals surface area contributed by atoms with Crippen LogP contribution < -0.4 is 5.32 Å². The molecule has 2 rings (SSSR count). The van der Waals surface area contributed by atoms with Crippen molar-refractivity contribution in [2.24, 2.45) is 0 Å². The molecule has 0 spiro atoms. The Balaban J connectivity index is 2.07. The summed E-state index contributed by atoms with van der Waals surface area (Å²) in [5.41, 5.74) is 2.30. The van der Waals surface area contributed by atoms with Gasteiger partial charge in [-0.25, -0.2) is 4.98 Å². The maximum atomic E-state index is 5.24. The normalized spacial score (nSPS) is 10.9. The van der Waals surface area contributed by atoms with Crippen LogP contribution in [-0.4, -0.2) is 23.6 Å². The predicted octanol–water partition coefficient (Wildman–Crippen LogP) is 2.77. The Hall–Kier alpha value is -1.30. The molecular weight excluding hydrogens is 270 g/mol. The molecule has 5 heteroatoms. The summed E-state index contributed by atoms with van der Waals surface area (Å²) in [6, 6.07) is 4.07. The molecule has 0 saturated carbocycles. The van der Waals surface area contributed by atoms with Gasteiger partial charge >= 0.3 is 0 Å². The van der Waals surface area contributed by atoms with Crippen LogP contribution in [0.15, 0.2) is 24.5 Å². The van der Waals surface area contributed by atoms with Gasteiger partial charge in [-0.1, -0.05) is 6.92 Å². The second kappa shape index (κ2) is 8.09. The summed E-state index contributed by atoms with van der Waals surface area (Å²) in [6.45, 7) is 4.66. The van der Waals surface area contributed by atoms with Gasteiger partial charge in [0.05, 0.1) is 17.3 Å². The summed E-state index contributed by atoms with van der Waals surface area (Å²) < 4.78 is 5.24. The number of rotatable bonds is 8. The quantitative estimate of drug-likeness (QED) is 0.760. The van der Waals surface area contributed by atoms with E-state index in [0.717, 1.165) is 36.6 Å². The van der Waals surface area contributed by atoms with Crippen molar-refractivity contribution in [2.75, 3.05) is 13.7 Å². The van der Waals surface area contributed by atoms with Crippen LogP contribution in [-0.2, 0) is 24.3 Å². The van der Waals surface area contributed by atoms with E-state index in [1.807, 2.05) is 24.5 Å². The molecule has 2 heterocycles. The van der Waals surface area contributed by atoms with Gasteiger partial charge in [0, 0.05) is 37.3 Å².